The maximum absolute atomic E-state index is 13.2. The van der Waals surface area contributed by atoms with Crippen molar-refractivity contribution >= 4 is 52.9 Å². The van der Waals surface area contributed by atoms with Gasteiger partial charge in [0.25, 0.3) is 0 Å². The highest BCUT2D eigenvalue weighted by Crippen LogP contribution is 2.40. The number of nitrogens with zero attached hydrogens (tertiary/aromatic N) is 1. The molecule has 0 spiro atoms. The molecule has 0 aliphatic rings. The Bertz CT molecular complexity index is 1170. The van der Waals surface area contributed by atoms with Crippen molar-refractivity contribution in [1.82, 2.24) is 4.98 Å². The highest BCUT2D eigenvalue weighted by atomic mass is 79.9. The standard InChI is InChI=1S/C20H19Br2NO5S/c1-4-26-16-11-18(17(27-5-2)9-12(16)3)29(24,25)28-20-15(22)10-14(21)13-7-6-8-23-19(13)20/h6-11H,4-5H2,1-3H3. The summed E-state index contributed by atoms with van der Waals surface area (Å²) in [6, 6.07) is 8.38. The van der Waals surface area contributed by atoms with Gasteiger partial charge in [0, 0.05) is 22.1 Å². The average molecular weight is 545 g/mol. The second-order valence-corrected chi connectivity index (χ2v) is 9.26. The Morgan fingerprint density at radius 2 is 1.69 bits per heavy atom. The molecule has 0 amide bonds. The topological polar surface area (TPSA) is 74.7 Å². The van der Waals surface area contributed by atoms with E-state index in [9.17, 15) is 8.42 Å². The predicted octanol–water partition coefficient (Wildman–Crippen LogP) is 5.63. The summed E-state index contributed by atoms with van der Waals surface area (Å²) < 4.78 is 44.4. The van der Waals surface area contributed by atoms with Crippen LogP contribution in [-0.4, -0.2) is 26.6 Å². The van der Waals surface area contributed by atoms with Gasteiger partial charge < -0.3 is 13.7 Å². The first kappa shape index (κ1) is 21.9. The van der Waals surface area contributed by atoms with Crippen LogP contribution in [0.2, 0.25) is 0 Å². The molecule has 29 heavy (non-hydrogen) atoms. The third-order valence-electron chi connectivity index (χ3n) is 4.05. The number of aryl methyl sites for hydroxylation is 1. The summed E-state index contributed by atoms with van der Waals surface area (Å²) in [5.41, 5.74) is 1.18. The highest BCUT2D eigenvalue weighted by Gasteiger charge is 2.27. The van der Waals surface area contributed by atoms with Gasteiger partial charge >= 0.3 is 10.1 Å². The predicted molar refractivity (Wildman–Crippen MR) is 118 cm³/mol. The maximum atomic E-state index is 13.2. The van der Waals surface area contributed by atoms with Gasteiger partial charge in [0.2, 0.25) is 0 Å². The molecule has 9 heteroatoms. The smallest absolute Gasteiger partial charge is 0.343 e. The minimum absolute atomic E-state index is 0.102. The van der Waals surface area contributed by atoms with Crippen LogP contribution in [0.15, 0.2) is 50.4 Å². The lowest BCUT2D eigenvalue weighted by molar-refractivity contribution is 0.319. The van der Waals surface area contributed by atoms with Gasteiger partial charge in [-0.25, -0.2) is 0 Å². The fourth-order valence-electron chi connectivity index (χ4n) is 2.80. The van der Waals surface area contributed by atoms with Crippen LogP contribution in [0, 0.1) is 6.92 Å². The van der Waals surface area contributed by atoms with Crippen LogP contribution >= 0.6 is 31.9 Å². The third-order valence-corrected chi connectivity index (χ3v) is 6.54. The number of benzene rings is 2. The van der Waals surface area contributed by atoms with Crippen LogP contribution in [-0.2, 0) is 10.1 Å². The van der Waals surface area contributed by atoms with Gasteiger partial charge in [0.05, 0.1) is 17.7 Å². The molecule has 0 radical (unpaired) electrons. The minimum Gasteiger partial charge on any atom is -0.494 e. The lowest BCUT2D eigenvalue weighted by Crippen LogP contribution is -2.13. The third kappa shape index (κ3) is 4.51. The first-order valence-corrected chi connectivity index (χ1v) is 11.8. The maximum Gasteiger partial charge on any atom is 0.343 e. The van der Waals surface area contributed by atoms with Crippen molar-refractivity contribution in [3.63, 3.8) is 0 Å². The minimum atomic E-state index is -4.24. The zero-order chi connectivity index (χ0) is 21.2. The number of ether oxygens (including phenoxy) is 2. The molecule has 0 fully saturated rings. The van der Waals surface area contributed by atoms with Crippen molar-refractivity contribution in [1.29, 1.82) is 0 Å². The lowest BCUT2D eigenvalue weighted by Gasteiger charge is -2.16. The number of hydrogen-bond donors (Lipinski definition) is 0. The van der Waals surface area contributed by atoms with Gasteiger partial charge in [0.1, 0.15) is 17.0 Å². The Kier molecular flexibility index (Phi) is 6.70. The van der Waals surface area contributed by atoms with Crippen LogP contribution in [0.5, 0.6) is 17.2 Å². The Balaban J connectivity index is 2.16. The van der Waals surface area contributed by atoms with Gasteiger partial charge in [-0.15, -0.1) is 0 Å². The molecule has 3 aromatic rings. The highest BCUT2D eigenvalue weighted by molar-refractivity contribution is 9.11. The molecule has 0 aliphatic carbocycles. The molecule has 0 saturated heterocycles. The molecular formula is C20H19Br2NO5S. The Morgan fingerprint density at radius 1 is 1.00 bits per heavy atom. The molecule has 0 bridgehead atoms. The second-order valence-electron chi connectivity index (χ2n) is 6.04. The number of pyridine rings is 1. The number of rotatable bonds is 7. The van der Waals surface area contributed by atoms with E-state index in [4.69, 9.17) is 13.7 Å². The van der Waals surface area contributed by atoms with E-state index in [2.05, 4.69) is 36.8 Å². The van der Waals surface area contributed by atoms with Gasteiger partial charge in [-0.1, -0.05) is 22.0 Å². The summed E-state index contributed by atoms with van der Waals surface area (Å²) in [6.45, 7) is 6.15. The van der Waals surface area contributed by atoms with Crippen molar-refractivity contribution in [3.05, 3.63) is 51.0 Å². The molecule has 0 saturated carbocycles. The fraction of sp³-hybridized carbons (Fsp3) is 0.250. The summed E-state index contributed by atoms with van der Waals surface area (Å²) in [4.78, 5) is 4.19. The Morgan fingerprint density at radius 3 is 2.38 bits per heavy atom. The van der Waals surface area contributed by atoms with Crippen LogP contribution in [0.1, 0.15) is 19.4 Å². The zero-order valence-electron chi connectivity index (χ0n) is 16.0. The van der Waals surface area contributed by atoms with E-state index in [1.54, 1.807) is 31.3 Å². The second kappa shape index (κ2) is 8.89. The number of halogens is 2. The van der Waals surface area contributed by atoms with E-state index >= 15 is 0 Å². The quantitative estimate of drug-likeness (QED) is 0.359. The summed E-state index contributed by atoms with van der Waals surface area (Å²) >= 11 is 6.84. The summed E-state index contributed by atoms with van der Waals surface area (Å²) in [5, 5.41) is 0.727. The molecule has 1 heterocycles. The van der Waals surface area contributed by atoms with Gasteiger partial charge in [-0.3, -0.25) is 4.98 Å². The summed E-state index contributed by atoms with van der Waals surface area (Å²) in [7, 11) is -4.24. The molecule has 0 N–H and O–H groups in total. The van der Waals surface area contributed by atoms with Crippen LogP contribution in [0.3, 0.4) is 0 Å². The summed E-state index contributed by atoms with van der Waals surface area (Å²) in [5.74, 6) is 0.764. The zero-order valence-corrected chi connectivity index (χ0v) is 20.0. The molecule has 154 valence electrons. The van der Waals surface area contributed by atoms with Crippen molar-refractivity contribution in [2.24, 2.45) is 0 Å². The molecule has 2 aromatic carbocycles. The van der Waals surface area contributed by atoms with E-state index in [1.165, 1.54) is 6.07 Å². The molecule has 1 aromatic heterocycles. The Hall–Kier alpha value is -1.84. The first-order chi connectivity index (χ1) is 13.8. The molecule has 6 nitrogen and oxygen atoms in total. The summed E-state index contributed by atoms with van der Waals surface area (Å²) in [6.07, 6.45) is 1.57. The van der Waals surface area contributed by atoms with E-state index < -0.39 is 10.1 Å². The molecule has 0 aliphatic heterocycles. The van der Waals surface area contributed by atoms with Gasteiger partial charge in [-0.05, 0) is 60.5 Å². The van der Waals surface area contributed by atoms with Crippen molar-refractivity contribution in [2.75, 3.05) is 13.2 Å². The largest absolute Gasteiger partial charge is 0.494 e. The Labute approximate surface area is 186 Å². The van der Waals surface area contributed by atoms with Crippen molar-refractivity contribution in [3.8, 4) is 17.2 Å². The number of fused-ring (bicyclic) bond motifs is 1. The molecular weight excluding hydrogens is 526 g/mol. The van der Waals surface area contributed by atoms with E-state index in [-0.39, 0.29) is 16.4 Å². The average Bonchev–Trinajstić information content (AvgIpc) is 2.67. The SMILES string of the molecule is CCOc1cc(S(=O)(=O)Oc2c(Br)cc(Br)c3cccnc23)c(OCC)cc1C. The normalized spacial score (nSPS) is 11.5. The first-order valence-electron chi connectivity index (χ1n) is 8.86. The monoisotopic (exact) mass is 543 g/mol. The van der Waals surface area contributed by atoms with Crippen LogP contribution in [0.25, 0.3) is 10.9 Å². The van der Waals surface area contributed by atoms with E-state index in [0.717, 1.165) is 15.4 Å². The van der Waals surface area contributed by atoms with E-state index in [0.29, 0.717) is 29.0 Å². The van der Waals surface area contributed by atoms with Gasteiger partial charge in [-0.2, -0.15) is 8.42 Å². The fourth-order valence-corrected chi connectivity index (χ4v) is 5.35. The van der Waals surface area contributed by atoms with Crippen molar-refractivity contribution in [2.45, 2.75) is 25.7 Å². The molecule has 0 unspecified atom stereocenters. The van der Waals surface area contributed by atoms with Crippen molar-refractivity contribution < 1.29 is 22.1 Å². The molecule has 0 atom stereocenters. The number of aromatic nitrogens is 1. The van der Waals surface area contributed by atoms with E-state index in [1.807, 2.05) is 19.9 Å². The van der Waals surface area contributed by atoms with Crippen LogP contribution < -0.4 is 13.7 Å². The van der Waals surface area contributed by atoms with Crippen LogP contribution in [0.4, 0.5) is 0 Å². The lowest BCUT2D eigenvalue weighted by atomic mass is 10.2. The van der Waals surface area contributed by atoms with Gasteiger partial charge in [0.15, 0.2) is 10.6 Å². The molecule has 3 rings (SSSR count). The number of hydrogen-bond acceptors (Lipinski definition) is 6.